The first kappa shape index (κ1) is 6.34. The summed E-state index contributed by atoms with van der Waals surface area (Å²) in [6.45, 7) is 3.20. The van der Waals surface area contributed by atoms with E-state index in [1.807, 2.05) is 0 Å². The van der Waals surface area contributed by atoms with Crippen LogP contribution in [0.2, 0.25) is 0 Å². The van der Waals surface area contributed by atoms with Crippen molar-refractivity contribution in [1.82, 2.24) is 0 Å². The summed E-state index contributed by atoms with van der Waals surface area (Å²) in [5, 5.41) is 0. The Balaban J connectivity index is 3.82. The molecule has 0 radical (unpaired) electrons. The zero-order valence-corrected chi connectivity index (χ0v) is 4.86. The lowest BCUT2D eigenvalue weighted by atomic mass is 10.3. The Morgan fingerprint density at radius 3 is 1.86 bits per heavy atom. The van der Waals surface area contributed by atoms with Gasteiger partial charge in [-0.2, -0.15) is 0 Å². The Morgan fingerprint density at radius 1 is 1.43 bits per heavy atom. The number of rotatable bonds is 1. The van der Waals surface area contributed by atoms with Crippen LogP contribution < -0.4 is 0 Å². The average Bonchev–Trinajstić information content (AvgIpc) is 1.65. The van der Waals surface area contributed by atoms with Crippen molar-refractivity contribution in [3.05, 3.63) is 0 Å². The van der Waals surface area contributed by atoms with Gasteiger partial charge in [0.25, 0.3) is 0 Å². The Kier molecular flexibility index (Phi) is 2.27. The van der Waals surface area contributed by atoms with Crippen LogP contribution in [0, 0.1) is 0 Å². The molecule has 0 aliphatic heterocycles. The number of aliphatic imine (C=N–C) groups is 1. The monoisotopic (exact) mass is 99.1 g/mol. The van der Waals surface area contributed by atoms with Crippen molar-refractivity contribution in [2.75, 3.05) is 7.05 Å². The molecule has 40 valence electrons. The van der Waals surface area contributed by atoms with Crippen molar-refractivity contribution in [2.24, 2.45) is 4.99 Å². The van der Waals surface area contributed by atoms with Gasteiger partial charge in [-0.3, -0.25) is 9.79 Å². The van der Waals surface area contributed by atoms with Crippen molar-refractivity contribution < 1.29 is 4.79 Å². The van der Waals surface area contributed by atoms with Crippen molar-refractivity contribution in [3.63, 3.8) is 0 Å². The van der Waals surface area contributed by atoms with Crippen molar-refractivity contribution in [3.8, 4) is 0 Å². The molecule has 0 aromatic rings. The third-order valence-electron chi connectivity index (χ3n) is 0.845. The summed E-state index contributed by atoms with van der Waals surface area (Å²) in [5.74, 6) is 0.0440. The van der Waals surface area contributed by atoms with Crippen LogP contribution in [-0.4, -0.2) is 18.5 Å². The van der Waals surface area contributed by atoms with Crippen LogP contribution in [0.5, 0.6) is 0 Å². The van der Waals surface area contributed by atoms with Gasteiger partial charge in [-0.05, 0) is 6.92 Å². The molecule has 0 aliphatic carbocycles. The number of nitrogens with zero attached hydrogens (tertiary/aromatic N) is 1. The predicted molar refractivity (Wildman–Crippen MR) is 29.7 cm³/mol. The molecule has 0 unspecified atom stereocenters. The van der Waals surface area contributed by atoms with Gasteiger partial charge in [-0.1, -0.05) is 0 Å². The normalized spacial score (nSPS) is 11.6. The summed E-state index contributed by atoms with van der Waals surface area (Å²) < 4.78 is 0. The molecule has 0 bridgehead atoms. The van der Waals surface area contributed by atoms with Crippen LogP contribution in [-0.2, 0) is 4.79 Å². The van der Waals surface area contributed by atoms with Gasteiger partial charge >= 0.3 is 0 Å². The smallest absolute Gasteiger partial charge is 0.173 e. The number of Topliss-reactive ketones (excluding diaryl/α,β-unsaturated/α-hetero) is 1. The second kappa shape index (κ2) is 2.50. The Labute approximate surface area is 43.3 Å². The fourth-order valence-corrected chi connectivity index (χ4v) is 0.157. The van der Waals surface area contributed by atoms with Gasteiger partial charge in [0.15, 0.2) is 5.78 Å². The van der Waals surface area contributed by atoms with E-state index in [9.17, 15) is 4.79 Å². The van der Waals surface area contributed by atoms with Gasteiger partial charge in [-0.15, -0.1) is 0 Å². The minimum absolute atomic E-state index is 0.0440. The van der Waals surface area contributed by atoms with Crippen LogP contribution in [0.15, 0.2) is 4.99 Å². The van der Waals surface area contributed by atoms with Gasteiger partial charge in [0, 0.05) is 14.0 Å². The maximum Gasteiger partial charge on any atom is 0.173 e. The zero-order valence-electron chi connectivity index (χ0n) is 4.86. The maximum absolute atomic E-state index is 10.2. The van der Waals surface area contributed by atoms with E-state index < -0.39 is 0 Å². The number of hydrogen-bond acceptors (Lipinski definition) is 2. The van der Waals surface area contributed by atoms with Crippen molar-refractivity contribution >= 4 is 11.5 Å². The minimum Gasteiger partial charge on any atom is -0.293 e. The van der Waals surface area contributed by atoms with E-state index in [0.29, 0.717) is 5.71 Å². The molecule has 0 saturated carbocycles. The quantitative estimate of drug-likeness (QED) is 0.444. The highest BCUT2D eigenvalue weighted by atomic mass is 16.1. The Bertz CT molecular complexity index is 105. The second-order valence-corrected chi connectivity index (χ2v) is 1.37. The molecule has 0 amide bonds. The van der Waals surface area contributed by atoms with Gasteiger partial charge in [0.2, 0.25) is 0 Å². The van der Waals surface area contributed by atoms with E-state index in [4.69, 9.17) is 0 Å². The first-order chi connectivity index (χ1) is 3.18. The number of carbonyl (C=O) groups excluding carboxylic acids is 1. The lowest BCUT2D eigenvalue weighted by Crippen LogP contribution is -2.02. The molecule has 2 heteroatoms. The number of hydrogen-bond donors (Lipinski definition) is 0. The first-order valence-corrected chi connectivity index (χ1v) is 2.12. The van der Waals surface area contributed by atoms with Crippen LogP contribution >= 0.6 is 0 Å². The number of ketones is 1. The van der Waals surface area contributed by atoms with E-state index in [2.05, 4.69) is 4.99 Å². The number of carbonyl (C=O) groups is 1. The molecule has 2 nitrogen and oxygen atoms in total. The van der Waals surface area contributed by atoms with Crippen LogP contribution in [0.3, 0.4) is 0 Å². The van der Waals surface area contributed by atoms with Crippen LogP contribution in [0.4, 0.5) is 0 Å². The standard InChI is InChI=1S/C5H9NO/c1-4(6-3)5(2)7/h1-3H3/b6-4+. The van der Waals surface area contributed by atoms with E-state index >= 15 is 0 Å². The largest absolute Gasteiger partial charge is 0.293 e. The highest BCUT2D eigenvalue weighted by Crippen LogP contribution is 1.74. The van der Waals surface area contributed by atoms with Gasteiger partial charge < -0.3 is 0 Å². The summed E-state index contributed by atoms with van der Waals surface area (Å²) in [7, 11) is 1.61. The molecule has 0 aromatic heterocycles. The molecule has 7 heavy (non-hydrogen) atoms. The SMILES string of the molecule is C/N=C(\C)C(C)=O. The van der Waals surface area contributed by atoms with Gasteiger partial charge in [-0.25, -0.2) is 0 Å². The molecule has 0 fully saturated rings. The van der Waals surface area contributed by atoms with E-state index in [1.165, 1.54) is 6.92 Å². The van der Waals surface area contributed by atoms with Crippen molar-refractivity contribution in [2.45, 2.75) is 13.8 Å². The molecule has 0 heterocycles. The first-order valence-electron chi connectivity index (χ1n) is 2.12. The van der Waals surface area contributed by atoms with E-state index in [-0.39, 0.29) is 5.78 Å². The third-order valence-corrected chi connectivity index (χ3v) is 0.845. The molecule has 0 rings (SSSR count). The summed E-state index contributed by atoms with van der Waals surface area (Å²) in [6.07, 6.45) is 0. The maximum atomic E-state index is 10.2. The Morgan fingerprint density at radius 2 is 1.86 bits per heavy atom. The summed E-state index contributed by atoms with van der Waals surface area (Å²) >= 11 is 0. The molecule has 0 N–H and O–H groups in total. The lowest BCUT2D eigenvalue weighted by molar-refractivity contribution is -0.111. The summed E-state index contributed by atoms with van der Waals surface area (Å²) in [5.41, 5.74) is 0.583. The molecule has 0 atom stereocenters. The fourth-order valence-electron chi connectivity index (χ4n) is 0.157. The second-order valence-electron chi connectivity index (χ2n) is 1.37. The molecular weight excluding hydrogens is 90.1 g/mol. The highest BCUT2D eigenvalue weighted by Gasteiger charge is 1.91. The molecule has 0 saturated heterocycles. The summed E-state index contributed by atoms with van der Waals surface area (Å²) in [4.78, 5) is 13.9. The van der Waals surface area contributed by atoms with Gasteiger partial charge in [0.1, 0.15) is 0 Å². The molecule has 0 aromatic carbocycles. The molecule has 0 spiro atoms. The summed E-state index contributed by atoms with van der Waals surface area (Å²) in [6, 6.07) is 0. The average molecular weight is 99.1 g/mol. The van der Waals surface area contributed by atoms with Crippen LogP contribution in [0.1, 0.15) is 13.8 Å². The minimum atomic E-state index is 0.0440. The van der Waals surface area contributed by atoms with E-state index in [0.717, 1.165) is 0 Å². The van der Waals surface area contributed by atoms with Crippen molar-refractivity contribution in [1.29, 1.82) is 0 Å². The highest BCUT2D eigenvalue weighted by molar-refractivity contribution is 6.37. The zero-order chi connectivity index (χ0) is 5.86. The predicted octanol–water partition coefficient (Wildman–Crippen LogP) is 0.666. The Hall–Kier alpha value is -0.660. The molecule has 0 aliphatic rings. The third kappa shape index (κ3) is 2.09. The molecular formula is C5H9NO. The van der Waals surface area contributed by atoms with Gasteiger partial charge in [0.05, 0.1) is 5.71 Å². The lowest BCUT2D eigenvalue weighted by Gasteiger charge is -1.84. The fraction of sp³-hybridized carbons (Fsp3) is 0.600. The van der Waals surface area contributed by atoms with E-state index in [1.54, 1.807) is 14.0 Å². The topological polar surface area (TPSA) is 29.4 Å². The van der Waals surface area contributed by atoms with Crippen LogP contribution in [0.25, 0.3) is 0 Å².